The molecule has 27 heavy (non-hydrogen) atoms. The first-order valence-electron chi connectivity index (χ1n) is 10.4. The van der Waals surface area contributed by atoms with Crippen molar-refractivity contribution in [2.24, 2.45) is 11.8 Å². The van der Waals surface area contributed by atoms with Crippen molar-refractivity contribution in [3.63, 3.8) is 0 Å². The van der Waals surface area contributed by atoms with Crippen molar-refractivity contribution in [2.45, 2.75) is 74.7 Å². The predicted octanol–water partition coefficient (Wildman–Crippen LogP) is 9.12. The van der Waals surface area contributed by atoms with Gasteiger partial charge < -0.3 is 0 Å². The molecule has 1 aliphatic rings. The summed E-state index contributed by atoms with van der Waals surface area (Å²) in [6, 6.07) is 17.6. The zero-order chi connectivity index (χ0) is 21.0. The summed E-state index contributed by atoms with van der Waals surface area (Å²) in [5, 5.41) is 0. The van der Waals surface area contributed by atoms with E-state index < -0.39 is 0 Å². The van der Waals surface area contributed by atoms with E-state index in [1.165, 1.54) is 34.2 Å². The molecule has 0 aromatic heterocycles. The standard InChI is InChI=1S/C15H14.2C4H10.C4H8/c1-2-11-12-7-3-5-9-14(12)15-10-6-4-8-13(11)15;3*1-4(2)3/h3-11H,2H2,1H3;2*4H,1-3H3;1H2,2-3H3. The van der Waals surface area contributed by atoms with Crippen LogP contribution in [0.25, 0.3) is 11.1 Å². The van der Waals surface area contributed by atoms with Crippen LogP contribution in [0.5, 0.6) is 0 Å². The topological polar surface area (TPSA) is 0 Å². The van der Waals surface area contributed by atoms with Gasteiger partial charge in [-0.2, -0.15) is 0 Å². The SMILES string of the molecule is C=C(C)C.CC(C)C.CC(C)C.CCC1c2ccccc2-c2ccccc21. The summed E-state index contributed by atoms with van der Waals surface area (Å²) in [4.78, 5) is 0. The molecule has 2 aromatic carbocycles. The molecular weight excluding hydrogens is 324 g/mol. The fraction of sp³-hybridized carbons (Fsp3) is 0.481. The molecule has 0 radical (unpaired) electrons. The lowest BCUT2D eigenvalue weighted by atomic mass is 9.95. The molecule has 0 saturated heterocycles. The molecule has 0 aliphatic heterocycles. The van der Waals surface area contributed by atoms with Gasteiger partial charge in [-0.05, 0) is 54.4 Å². The molecule has 2 aromatic rings. The van der Waals surface area contributed by atoms with Gasteiger partial charge in [0.05, 0.1) is 0 Å². The van der Waals surface area contributed by atoms with Gasteiger partial charge in [-0.15, -0.1) is 6.58 Å². The third kappa shape index (κ3) is 10.2. The highest BCUT2D eigenvalue weighted by molar-refractivity contribution is 5.78. The fourth-order valence-corrected chi connectivity index (χ4v) is 2.70. The van der Waals surface area contributed by atoms with Crippen molar-refractivity contribution in [1.29, 1.82) is 0 Å². The molecular formula is C27H42. The monoisotopic (exact) mass is 366 g/mol. The number of hydrogen-bond donors (Lipinski definition) is 0. The van der Waals surface area contributed by atoms with Gasteiger partial charge in [0.25, 0.3) is 0 Å². The van der Waals surface area contributed by atoms with Gasteiger partial charge in [0.2, 0.25) is 0 Å². The Morgan fingerprint density at radius 3 is 1.26 bits per heavy atom. The molecule has 0 heteroatoms. The highest BCUT2D eigenvalue weighted by Crippen LogP contribution is 2.45. The first-order chi connectivity index (χ1) is 12.6. The largest absolute Gasteiger partial charge is 0.100 e. The minimum atomic E-state index is 0.609. The third-order valence-electron chi connectivity index (χ3n) is 3.37. The van der Waals surface area contributed by atoms with E-state index in [4.69, 9.17) is 0 Å². The summed E-state index contributed by atoms with van der Waals surface area (Å²) in [6.07, 6.45) is 1.19. The van der Waals surface area contributed by atoms with Crippen molar-refractivity contribution in [3.8, 4) is 11.1 Å². The molecule has 0 unspecified atom stereocenters. The minimum absolute atomic E-state index is 0.609. The second-order valence-corrected chi connectivity index (χ2v) is 8.81. The summed E-state index contributed by atoms with van der Waals surface area (Å²) in [7, 11) is 0. The van der Waals surface area contributed by atoms with Crippen LogP contribution in [0, 0.1) is 11.8 Å². The van der Waals surface area contributed by atoms with Crippen molar-refractivity contribution in [1.82, 2.24) is 0 Å². The Morgan fingerprint density at radius 1 is 0.741 bits per heavy atom. The smallest absolute Gasteiger partial charge is 0.00990 e. The van der Waals surface area contributed by atoms with Crippen molar-refractivity contribution < 1.29 is 0 Å². The lowest BCUT2D eigenvalue weighted by Crippen LogP contribution is -1.93. The van der Waals surface area contributed by atoms with E-state index in [1.54, 1.807) is 0 Å². The van der Waals surface area contributed by atoms with Gasteiger partial charge in [-0.1, -0.05) is 103 Å². The van der Waals surface area contributed by atoms with Gasteiger partial charge in [0.1, 0.15) is 0 Å². The van der Waals surface area contributed by atoms with E-state index in [1.807, 2.05) is 13.8 Å². The molecule has 0 saturated carbocycles. The first-order valence-corrected chi connectivity index (χ1v) is 10.4. The van der Waals surface area contributed by atoms with Crippen molar-refractivity contribution in [3.05, 3.63) is 71.8 Å². The Morgan fingerprint density at radius 2 is 1.00 bits per heavy atom. The van der Waals surface area contributed by atoms with Crippen LogP contribution in [0.1, 0.15) is 85.8 Å². The Hall–Kier alpha value is -1.82. The maximum Gasteiger partial charge on any atom is 0.00990 e. The Balaban J connectivity index is 0.000000470. The zero-order valence-electron chi connectivity index (χ0n) is 19.3. The molecule has 0 N–H and O–H groups in total. The summed E-state index contributed by atoms with van der Waals surface area (Å²) in [6.45, 7) is 22.8. The molecule has 0 heterocycles. The maximum absolute atomic E-state index is 3.56. The third-order valence-corrected chi connectivity index (χ3v) is 3.37. The van der Waals surface area contributed by atoms with Crippen LogP contribution in [-0.4, -0.2) is 0 Å². The number of fused-ring (bicyclic) bond motifs is 3. The summed E-state index contributed by atoms with van der Waals surface area (Å²) in [5.41, 5.74) is 7.03. The van der Waals surface area contributed by atoms with Crippen molar-refractivity contribution in [2.75, 3.05) is 0 Å². The van der Waals surface area contributed by atoms with E-state index in [9.17, 15) is 0 Å². The summed E-state index contributed by atoms with van der Waals surface area (Å²) < 4.78 is 0. The Bertz CT molecular complexity index is 600. The van der Waals surface area contributed by atoms with E-state index in [0.29, 0.717) is 5.92 Å². The number of rotatable bonds is 1. The molecule has 1 aliphatic carbocycles. The van der Waals surface area contributed by atoms with Crippen LogP contribution in [-0.2, 0) is 0 Å². The van der Waals surface area contributed by atoms with Crippen LogP contribution in [0.3, 0.4) is 0 Å². The van der Waals surface area contributed by atoms with Crippen LogP contribution in [0.2, 0.25) is 0 Å². The van der Waals surface area contributed by atoms with Crippen molar-refractivity contribution >= 4 is 0 Å². The quantitative estimate of drug-likeness (QED) is 0.441. The second kappa shape index (κ2) is 13.4. The minimum Gasteiger partial charge on any atom is -0.100 e. The molecule has 0 bridgehead atoms. The maximum atomic E-state index is 3.56. The van der Waals surface area contributed by atoms with Gasteiger partial charge >= 0.3 is 0 Å². The molecule has 0 spiro atoms. The average molecular weight is 367 g/mol. The highest BCUT2D eigenvalue weighted by atomic mass is 14.3. The lowest BCUT2D eigenvalue weighted by Gasteiger charge is -2.09. The Kier molecular flexibility index (Phi) is 12.5. The van der Waals surface area contributed by atoms with Crippen LogP contribution in [0.15, 0.2) is 60.7 Å². The van der Waals surface area contributed by atoms with Gasteiger partial charge in [-0.3, -0.25) is 0 Å². The number of benzene rings is 2. The van der Waals surface area contributed by atoms with Gasteiger partial charge in [-0.25, -0.2) is 0 Å². The Labute approximate surface area is 169 Å². The number of hydrogen-bond acceptors (Lipinski definition) is 0. The molecule has 0 nitrogen and oxygen atoms in total. The molecule has 0 atom stereocenters. The molecule has 0 amide bonds. The van der Waals surface area contributed by atoms with Crippen LogP contribution < -0.4 is 0 Å². The van der Waals surface area contributed by atoms with E-state index in [2.05, 4.69) is 104 Å². The van der Waals surface area contributed by atoms with Gasteiger partial charge in [0, 0.05) is 5.92 Å². The zero-order valence-corrected chi connectivity index (χ0v) is 19.3. The average Bonchev–Trinajstić information content (AvgIpc) is 2.87. The van der Waals surface area contributed by atoms with Gasteiger partial charge in [0.15, 0.2) is 0 Å². The summed E-state index contributed by atoms with van der Waals surface area (Å²) >= 11 is 0. The predicted molar refractivity (Wildman–Crippen MR) is 126 cm³/mol. The van der Waals surface area contributed by atoms with E-state index in [-0.39, 0.29) is 0 Å². The van der Waals surface area contributed by atoms with Crippen LogP contribution >= 0.6 is 0 Å². The lowest BCUT2D eigenvalue weighted by molar-refractivity contribution is 0.736. The molecule has 150 valence electrons. The van der Waals surface area contributed by atoms with E-state index >= 15 is 0 Å². The normalized spacial score (nSPS) is 11.2. The first kappa shape index (κ1) is 25.2. The summed E-state index contributed by atoms with van der Waals surface area (Å²) in [5.74, 6) is 2.28. The highest BCUT2D eigenvalue weighted by Gasteiger charge is 2.25. The number of allylic oxidation sites excluding steroid dienone is 1. The second-order valence-electron chi connectivity index (χ2n) is 8.81. The van der Waals surface area contributed by atoms with Crippen LogP contribution in [0.4, 0.5) is 0 Å². The molecule has 3 rings (SSSR count). The fourth-order valence-electron chi connectivity index (χ4n) is 2.70. The van der Waals surface area contributed by atoms with E-state index in [0.717, 1.165) is 11.8 Å². The molecule has 0 fully saturated rings.